The number of aromatic nitrogens is 1. The van der Waals surface area contributed by atoms with Gasteiger partial charge in [0.1, 0.15) is 17.3 Å². The van der Waals surface area contributed by atoms with Gasteiger partial charge in [-0.1, -0.05) is 30.7 Å². The largest absolute Gasteiger partial charge is 0.496 e. The molecule has 0 saturated heterocycles. The van der Waals surface area contributed by atoms with Gasteiger partial charge in [0.05, 0.1) is 52.1 Å². The number of nitro benzene ring substituents is 1. The first-order valence-corrected chi connectivity index (χ1v) is 14.7. The highest BCUT2D eigenvalue weighted by molar-refractivity contribution is 7.07. The van der Waals surface area contributed by atoms with Gasteiger partial charge in [0.15, 0.2) is 16.3 Å². The maximum Gasteiger partial charge on any atom is 0.338 e. The number of thiazole rings is 1. The maximum atomic E-state index is 14.0. The van der Waals surface area contributed by atoms with Gasteiger partial charge in [-0.05, 0) is 49.2 Å². The Morgan fingerprint density at radius 3 is 2.73 bits per heavy atom. The van der Waals surface area contributed by atoms with E-state index in [-0.39, 0.29) is 30.4 Å². The van der Waals surface area contributed by atoms with Crippen molar-refractivity contribution in [2.24, 2.45) is 4.99 Å². The van der Waals surface area contributed by atoms with Crippen molar-refractivity contribution in [1.82, 2.24) is 4.57 Å². The lowest BCUT2D eigenvalue weighted by molar-refractivity contribution is -0.384. The van der Waals surface area contributed by atoms with E-state index in [1.165, 1.54) is 35.1 Å². The molecule has 4 heterocycles. The van der Waals surface area contributed by atoms with Crippen molar-refractivity contribution in [3.63, 3.8) is 0 Å². The second kappa shape index (κ2) is 11.8. The second-order valence-electron chi connectivity index (χ2n) is 9.87. The van der Waals surface area contributed by atoms with Crippen molar-refractivity contribution in [2.45, 2.75) is 32.7 Å². The molecule has 0 saturated carbocycles. The molecule has 44 heavy (non-hydrogen) atoms. The Kier molecular flexibility index (Phi) is 7.78. The molecule has 2 aromatic heterocycles. The standard InChI is InChI=1S/C31H27N3O9S/c1-4-6-21-27(30(36)40-5-2)28(17-7-11-23-25(13-17)42-16-41-23)33-29(35)26(44-31(33)32-21)15-19-9-12-22(43-19)20-10-8-18(34(37)38)14-24(20)39-3/h7-15,28H,4-6,16H2,1-3H3/b26-15-/t28-/m0/s1. The van der Waals surface area contributed by atoms with Crippen molar-refractivity contribution in [1.29, 1.82) is 0 Å². The van der Waals surface area contributed by atoms with Crippen molar-refractivity contribution in [2.75, 3.05) is 20.5 Å². The Morgan fingerprint density at radius 2 is 1.98 bits per heavy atom. The molecule has 6 rings (SSSR count). The molecule has 0 aliphatic carbocycles. The predicted molar refractivity (Wildman–Crippen MR) is 160 cm³/mol. The molecule has 2 aromatic carbocycles. The zero-order valence-electron chi connectivity index (χ0n) is 24.0. The molecule has 2 aliphatic heterocycles. The van der Waals surface area contributed by atoms with Gasteiger partial charge in [-0.2, -0.15) is 0 Å². The van der Waals surface area contributed by atoms with Gasteiger partial charge in [0.25, 0.3) is 11.2 Å². The monoisotopic (exact) mass is 617 g/mol. The number of ether oxygens (including phenoxy) is 4. The Balaban J connectivity index is 1.48. The number of nitro groups is 1. The van der Waals surface area contributed by atoms with E-state index in [0.29, 0.717) is 61.2 Å². The summed E-state index contributed by atoms with van der Waals surface area (Å²) in [7, 11) is 1.42. The van der Waals surface area contributed by atoms with Crippen molar-refractivity contribution >= 4 is 29.1 Å². The van der Waals surface area contributed by atoms with Gasteiger partial charge in [-0.3, -0.25) is 19.5 Å². The van der Waals surface area contributed by atoms with E-state index in [9.17, 15) is 19.7 Å². The normalized spacial score (nSPS) is 15.6. The van der Waals surface area contributed by atoms with E-state index in [4.69, 9.17) is 28.4 Å². The van der Waals surface area contributed by atoms with Crippen molar-refractivity contribution < 1.29 is 33.1 Å². The molecular weight excluding hydrogens is 590 g/mol. The molecule has 0 amide bonds. The number of furan rings is 1. The smallest absolute Gasteiger partial charge is 0.338 e. The summed E-state index contributed by atoms with van der Waals surface area (Å²) in [5.74, 6) is 1.62. The van der Waals surface area contributed by atoms with Gasteiger partial charge < -0.3 is 23.4 Å². The summed E-state index contributed by atoms with van der Waals surface area (Å²) in [6.45, 7) is 3.97. The maximum absolute atomic E-state index is 14.0. The number of benzene rings is 2. The number of fused-ring (bicyclic) bond motifs is 2. The summed E-state index contributed by atoms with van der Waals surface area (Å²) < 4.78 is 29.7. The summed E-state index contributed by atoms with van der Waals surface area (Å²) in [4.78, 5) is 43.3. The third-order valence-corrected chi connectivity index (χ3v) is 8.15. The van der Waals surface area contributed by atoms with Gasteiger partial charge in [-0.25, -0.2) is 9.79 Å². The number of hydrogen-bond donors (Lipinski definition) is 0. The lowest BCUT2D eigenvalue weighted by atomic mass is 9.94. The van der Waals surface area contributed by atoms with Crippen LogP contribution in [0, 0.1) is 10.1 Å². The van der Waals surface area contributed by atoms with Crippen molar-refractivity contribution in [3.05, 3.63) is 101 Å². The number of carbonyl (C=O) groups excluding carboxylic acids is 1. The first-order valence-electron chi connectivity index (χ1n) is 13.9. The van der Waals surface area contributed by atoms with Gasteiger partial charge in [0.2, 0.25) is 6.79 Å². The average Bonchev–Trinajstić information content (AvgIpc) is 3.75. The van der Waals surface area contributed by atoms with Crippen LogP contribution in [-0.4, -0.2) is 36.0 Å². The zero-order chi connectivity index (χ0) is 31.0. The number of hydrogen-bond acceptors (Lipinski definition) is 11. The molecule has 226 valence electrons. The molecule has 12 nitrogen and oxygen atoms in total. The van der Waals surface area contributed by atoms with Crippen LogP contribution in [-0.2, 0) is 9.53 Å². The first kappa shape index (κ1) is 28.9. The summed E-state index contributed by atoms with van der Waals surface area (Å²) in [5, 5.41) is 11.2. The van der Waals surface area contributed by atoms with Crippen LogP contribution in [0.2, 0.25) is 0 Å². The predicted octanol–water partition coefficient (Wildman–Crippen LogP) is 4.48. The highest BCUT2D eigenvalue weighted by Gasteiger charge is 2.35. The SMILES string of the molecule is CCCC1=C(C(=O)OCC)[C@H](c2ccc3c(c2)OCO3)n2c(s/c(=C\c3ccc(-c4ccc([N+](=O)[O-])cc4OC)o3)c2=O)=N1. The van der Waals surface area contributed by atoms with E-state index < -0.39 is 16.9 Å². The fourth-order valence-electron chi connectivity index (χ4n) is 5.22. The van der Waals surface area contributed by atoms with E-state index in [0.717, 1.165) is 6.42 Å². The Morgan fingerprint density at radius 1 is 1.16 bits per heavy atom. The van der Waals surface area contributed by atoms with Crippen LogP contribution in [0.3, 0.4) is 0 Å². The minimum atomic E-state index is -0.806. The molecule has 0 bridgehead atoms. The Labute approximate surface area is 254 Å². The highest BCUT2D eigenvalue weighted by Crippen LogP contribution is 2.39. The summed E-state index contributed by atoms with van der Waals surface area (Å²) in [6, 6.07) is 12.1. The van der Waals surface area contributed by atoms with E-state index in [1.54, 1.807) is 49.4 Å². The number of allylic oxidation sites excluding steroid dienone is 1. The summed E-state index contributed by atoms with van der Waals surface area (Å²) >= 11 is 1.18. The average molecular weight is 618 g/mol. The van der Waals surface area contributed by atoms with Gasteiger partial charge >= 0.3 is 5.97 Å². The molecule has 0 radical (unpaired) electrons. The third kappa shape index (κ3) is 5.15. The van der Waals surface area contributed by atoms with Crippen LogP contribution in [0.25, 0.3) is 17.4 Å². The lowest BCUT2D eigenvalue weighted by Crippen LogP contribution is -2.40. The van der Waals surface area contributed by atoms with Crippen LogP contribution in [0.5, 0.6) is 17.2 Å². The molecule has 0 spiro atoms. The number of carbonyl (C=O) groups is 1. The quantitative estimate of drug-likeness (QED) is 0.151. The number of esters is 1. The fourth-order valence-corrected chi connectivity index (χ4v) is 6.22. The Bertz CT molecular complexity index is 2000. The molecule has 2 aliphatic rings. The third-order valence-electron chi connectivity index (χ3n) is 7.17. The number of nitrogens with zero attached hydrogens (tertiary/aromatic N) is 3. The lowest BCUT2D eigenvalue weighted by Gasteiger charge is -2.25. The van der Waals surface area contributed by atoms with E-state index >= 15 is 0 Å². The topological polar surface area (TPSA) is 145 Å². The van der Waals surface area contributed by atoms with E-state index in [2.05, 4.69) is 0 Å². The van der Waals surface area contributed by atoms with Crippen molar-refractivity contribution in [3.8, 4) is 28.6 Å². The Hall–Kier alpha value is -5.17. The molecule has 0 fully saturated rings. The van der Waals surface area contributed by atoms with Crippen LogP contribution in [0.4, 0.5) is 5.69 Å². The van der Waals surface area contributed by atoms with Crippen LogP contribution >= 0.6 is 11.3 Å². The summed E-state index contributed by atoms with van der Waals surface area (Å²) in [5.41, 5.74) is 1.56. The van der Waals surface area contributed by atoms with Gasteiger partial charge in [0, 0.05) is 12.1 Å². The van der Waals surface area contributed by atoms with Gasteiger partial charge in [-0.15, -0.1) is 0 Å². The summed E-state index contributed by atoms with van der Waals surface area (Å²) in [6.07, 6.45) is 2.85. The number of methoxy groups -OCH3 is 1. The number of rotatable bonds is 9. The molecule has 4 aromatic rings. The minimum Gasteiger partial charge on any atom is -0.496 e. The molecule has 1 atom stereocenters. The molecule has 0 unspecified atom stereocenters. The fraction of sp³-hybridized carbons (Fsp3) is 0.258. The molecular formula is C31H27N3O9S. The number of non-ortho nitro benzene ring substituents is 1. The zero-order valence-corrected chi connectivity index (χ0v) is 24.8. The minimum absolute atomic E-state index is 0.0834. The first-order chi connectivity index (χ1) is 21.3. The van der Waals surface area contributed by atoms with E-state index in [1.807, 2.05) is 6.92 Å². The van der Waals surface area contributed by atoms with Crippen LogP contribution in [0.1, 0.15) is 44.1 Å². The molecule has 0 N–H and O–H groups in total. The molecule has 13 heteroatoms. The van der Waals surface area contributed by atoms with Crippen LogP contribution < -0.4 is 29.1 Å². The van der Waals surface area contributed by atoms with Crippen LogP contribution in [0.15, 0.2) is 74.0 Å². The second-order valence-corrected chi connectivity index (χ2v) is 10.9. The highest BCUT2D eigenvalue weighted by atomic mass is 32.1.